The molecule has 1 aliphatic rings. The van der Waals surface area contributed by atoms with Crippen molar-refractivity contribution in [3.63, 3.8) is 0 Å². The molecule has 0 spiro atoms. The van der Waals surface area contributed by atoms with Crippen LogP contribution in [0.15, 0.2) is 78.9 Å². The highest BCUT2D eigenvalue weighted by atomic mass is 16.7. The van der Waals surface area contributed by atoms with Gasteiger partial charge in [-0.2, -0.15) is 0 Å². The molecule has 4 N–H and O–H groups in total. The molecule has 7 heteroatoms. The lowest BCUT2D eigenvalue weighted by molar-refractivity contribution is -0.277. The Hall–Kier alpha value is -2.78. The van der Waals surface area contributed by atoms with Crippen LogP contribution in [0.2, 0.25) is 0 Å². The summed E-state index contributed by atoms with van der Waals surface area (Å²) in [6.07, 6.45) is -5.18. The summed E-state index contributed by atoms with van der Waals surface area (Å²) in [7, 11) is 0. The second kappa shape index (κ2) is 12.3. The fraction of sp³-hybridized carbons (Fsp3) is 0.357. The van der Waals surface area contributed by atoms with E-state index in [2.05, 4.69) is 24.3 Å². The van der Waals surface area contributed by atoms with Gasteiger partial charge in [0.05, 0.1) is 19.8 Å². The van der Waals surface area contributed by atoms with Crippen LogP contribution in [-0.4, -0.2) is 64.3 Å². The lowest BCUT2D eigenvalue weighted by Gasteiger charge is -2.39. The maximum atomic E-state index is 10.3. The number of benzene rings is 3. The van der Waals surface area contributed by atoms with Gasteiger partial charge in [0.1, 0.15) is 30.2 Å². The van der Waals surface area contributed by atoms with E-state index in [1.807, 2.05) is 42.5 Å². The molecule has 3 aromatic rings. The summed E-state index contributed by atoms with van der Waals surface area (Å²) < 4.78 is 17.1. The molecule has 0 bridgehead atoms. The SMILES string of the molecule is OC[C@H]1O[C@H](Oc2ccccc2Cc2ccc(CCOCc3ccccc3)cc2)[C@H](O)[C@@H](O)[C@@H]1O. The van der Waals surface area contributed by atoms with Gasteiger partial charge in [0.25, 0.3) is 0 Å². The number of aliphatic hydroxyl groups is 4. The third-order valence-corrected chi connectivity index (χ3v) is 6.13. The van der Waals surface area contributed by atoms with Gasteiger partial charge in [-0.3, -0.25) is 0 Å². The Balaban J connectivity index is 1.33. The Morgan fingerprint density at radius 1 is 0.714 bits per heavy atom. The average Bonchev–Trinajstić information content (AvgIpc) is 2.89. The number of aliphatic hydroxyl groups excluding tert-OH is 4. The largest absolute Gasteiger partial charge is 0.462 e. The standard InChI is InChI=1S/C28H32O7/c29-17-24-25(30)26(31)27(32)28(35-24)34-23-9-5-4-8-22(23)16-20-12-10-19(11-13-20)14-15-33-18-21-6-2-1-3-7-21/h1-13,24-32H,14-18H2/t24-,25-,26+,27-,28+/m1/s1. The molecule has 0 saturated carbocycles. The number of hydrogen-bond donors (Lipinski definition) is 4. The van der Waals surface area contributed by atoms with Crippen molar-refractivity contribution in [1.29, 1.82) is 0 Å². The van der Waals surface area contributed by atoms with Gasteiger partial charge in [-0.15, -0.1) is 0 Å². The van der Waals surface area contributed by atoms with Crippen LogP contribution in [-0.2, 0) is 28.9 Å². The summed E-state index contributed by atoms with van der Waals surface area (Å²) in [6.45, 7) is 0.740. The summed E-state index contributed by atoms with van der Waals surface area (Å²) in [5, 5.41) is 39.7. The van der Waals surface area contributed by atoms with Crippen molar-refractivity contribution < 1.29 is 34.6 Å². The highest BCUT2D eigenvalue weighted by Crippen LogP contribution is 2.28. The lowest BCUT2D eigenvalue weighted by Crippen LogP contribution is -2.60. The minimum Gasteiger partial charge on any atom is -0.462 e. The van der Waals surface area contributed by atoms with Crippen LogP contribution in [0.5, 0.6) is 5.75 Å². The second-order valence-electron chi connectivity index (χ2n) is 8.70. The van der Waals surface area contributed by atoms with Crippen molar-refractivity contribution in [3.8, 4) is 5.75 Å². The van der Waals surface area contributed by atoms with Crippen molar-refractivity contribution in [2.24, 2.45) is 0 Å². The van der Waals surface area contributed by atoms with E-state index in [1.165, 1.54) is 5.56 Å². The summed E-state index contributed by atoms with van der Waals surface area (Å²) >= 11 is 0. The minimum atomic E-state index is -1.48. The van der Waals surface area contributed by atoms with Gasteiger partial charge in [-0.05, 0) is 34.7 Å². The molecule has 0 aliphatic carbocycles. The van der Waals surface area contributed by atoms with Gasteiger partial charge in [-0.1, -0.05) is 72.8 Å². The topological polar surface area (TPSA) is 109 Å². The van der Waals surface area contributed by atoms with E-state index in [4.69, 9.17) is 14.2 Å². The predicted molar refractivity (Wildman–Crippen MR) is 130 cm³/mol. The van der Waals surface area contributed by atoms with Crippen LogP contribution in [0.3, 0.4) is 0 Å². The molecule has 1 fully saturated rings. The zero-order chi connectivity index (χ0) is 24.6. The number of rotatable bonds is 10. The van der Waals surface area contributed by atoms with Crippen molar-refractivity contribution in [3.05, 3.63) is 101 Å². The third kappa shape index (κ3) is 6.67. The summed E-state index contributed by atoms with van der Waals surface area (Å²) in [4.78, 5) is 0. The Bertz CT molecular complexity index is 1040. The van der Waals surface area contributed by atoms with E-state index in [1.54, 1.807) is 12.1 Å². The number of hydrogen-bond acceptors (Lipinski definition) is 7. The molecule has 0 unspecified atom stereocenters. The molecule has 1 aliphatic heterocycles. The van der Waals surface area contributed by atoms with E-state index in [-0.39, 0.29) is 0 Å². The normalized spacial score (nSPS) is 24.3. The average molecular weight is 481 g/mol. The fourth-order valence-electron chi connectivity index (χ4n) is 4.05. The van der Waals surface area contributed by atoms with Crippen molar-refractivity contribution >= 4 is 0 Å². The van der Waals surface area contributed by atoms with Crippen LogP contribution >= 0.6 is 0 Å². The van der Waals surface area contributed by atoms with Gasteiger partial charge >= 0.3 is 0 Å². The monoisotopic (exact) mass is 480 g/mol. The van der Waals surface area contributed by atoms with E-state index in [0.717, 1.165) is 23.1 Å². The van der Waals surface area contributed by atoms with Crippen molar-refractivity contribution in [1.82, 2.24) is 0 Å². The van der Waals surface area contributed by atoms with Gasteiger partial charge < -0.3 is 34.6 Å². The fourth-order valence-corrected chi connectivity index (χ4v) is 4.05. The molecule has 3 aromatic carbocycles. The zero-order valence-corrected chi connectivity index (χ0v) is 19.4. The van der Waals surface area contributed by atoms with Gasteiger partial charge in [0.2, 0.25) is 6.29 Å². The van der Waals surface area contributed by atoms with E-state index < -0.39 is 37.3 Å². The molecule has 0 amide bonds. The summed E-state index contributed by atoms with van der Waals surface area (Å²) in [5.41, 5.74) is 4.31. The molecular formula is C28H32O7. The van der Waals surface area contributed by atoms with Gasteiger partial charge in [-0.25, -0.2) is 0 Å². The number of ether oxygens (including phenoxy) is 3. The minimum absolute atomic E-state index is 0.496. The van der Waals surface area contributed by atoms with Crippen LogP contribution in [0.25, 0.3) is 0 Å². The van der Waals surface area contributed by atoms with Crippen LogP contribution in [0.4, 0.5) is 0 Å². The predicted octanol–water partition coefficient (Wildman–Crippen LogP) is 2.22. The van der Waals surface area contributed by atoms with Crippen LogP contribution in [0, 0.1) is 0 Å². The first kappa shape index (κ1) is 25.3. The molecule has 4 rings (SSSR count). The highest BCUT2D eigenvalue weighted by molar-refractivity contribution is 5.38. The van der Waals surface area contributed by atoms with E-state index in [0.29, 0.717) is 25.4 Å². The quantitative estimate of drug-likeness (QED) is 0.330. The van der Waals surface area contributed by atoms with Gasteiger partial charge in [0, 0.05) is 6.42 Å². The maximum absolute atomic E-state index is 10.3. The maximum Gasteiger partial charge on any atom is 0.229 e. The van der Waals surface area contributed by atoms with Crippen molar-refractivity contribution in [2.45, 2.75) is 50.2 Å². The van der Waals surface area contributed by atoms with Crippen LogP contribution < -0.4 is 4.74 Å². The molecule has 0 aromatic heterocycles. The molecular weight excluding hydrogens is 448 g/mol. The zero-order valence-electron chi connectivity index (χ0n) is 19.4. The number of para-hydroxylation sites is 1. The Kier molecular flexibility index (Phi) is 8.87. The molecule has 7 nitrogen and oxygen atoms in total. The third-order valence-electron chi connectivity index (χ3n) is 6.13. The summed E-state index contributed by atoms with van der Waals surface area (Å²) in [5.74, 6) is 0.496. The van der Waals surface area contributed by atoms with Gasteiger partial charge in [0.15, 0.2) is 0 Å². The molecule has 186 valence electrons. The lowest BCUT2D eigenvalue weighted by atomic mass is 9.99. The van der Waals surface area contributed by atoms with Crippen molar-refractivity contribution in [2.75, 3.05) is 13.2 Å². The molecule has 0 radical (unpaired) electrons. The first-order chi connectivity index (χ1) is 17.0. The van der Waals surface area contributed by atoms with E-state index in [9.17, 15) is 20.4 Å². The smallest absolute Gasteiger partial charge is 0.229 e. The molecule has 1 heterocycles. The Morgan fingerprint density at radius 2 is 1.40 bits per heavy atom. The van der Waals surface area contributed by atoms with E-state index >= 15 is 0 Å². The van der Waals surface area contributed by atoms with Crippen LogP contribution in [0.1, 0.15) is 22.3 Å². The summed E-state index contributed by atoms with van der Waals surface area (Å²) in [6, 6.07) is 25.8. The highest BCUT2D eigenvalue weighted by Gasteiger charge is 2.44. The molecule has 35 heavy (non-hydrogen) atoms. The first-order valence-electron chi connectivity index (χ1n) is 11.8. The first-order valence-corrected chi connectivity index (χ1v) is 11.8. The Labute approximate surface area is 205 Å². The molecule has 5 atom stereocenters. The second-order valence-corrected chi connectivity index (χ2v) is 8.70. The Morgan fingerprint density at radius 3 is 2.14 bits per heavy atom. The molecule has 1 saturated heterocycles.